The molecule has 0 bridgehead atoms. The highest BCUT2D eigenvalue weighted by Gasteiger charge is 2.15. The molecule has 0 atom stereocenters. The van der Waals surface area contributed by atoms with E-state index in [1.807, 2.05) is 0 Å². The van der Waals surface area contributed by atoms with Crippen LogP contribution in [-0.2, 0) is 6.54 Å². The van der Waals surface area contributed by atoms with Crippen molar-refractivity contribution >= 4 is 11.9 Å². The van der Waals surface area contributed by atoms with Crippen LogP contribution in [0.4, 0.5) is 0 Å². The first-order valence-corrected chi connectivity index (χ1v) is 5.27. The number of aromatic amines is 1. The van der Waals surface area contributed by atoms with Gasteiger partial charge in [-0.05, 0) is 12.1 Å². The molecule has 0 aliphatic rings. The Bertz CT molecular complexity index is 564. The van der Waals surface area contributed by atoms with Gasteiger partial charge >= 0.3 is 5.97 Å². The zero-order valence-corrected chi connectivity index (χ0v) is 9.38. The number of carboxylic acids is 1. The van der Waals surface area contributed by atoms with Gasteiger partial charge in [0.25, 0.3) is 5.91 Å². The fourth-order valence-electron chi connectivity index (χ4n) is 1.52. The molecule has 1 aromatic carbocycles. The quantitative estimate of drug-likeness (QED) is 0.749. The largest absolute Gasteiger partial charge is 0.478 e. The van der Waals surface area contributed by atoms with Crippen LogP contribution < -0.4 is 5.32 Å². The summed E-state index contributed by atoms with van der Waals surface area (Å²) in [4.78, 5) is 29.6. The number of hydrogen-bond donors (Lipinski definition) is 3. The highest BCUT2D eigenvalue weighted by molar-refractivity contribution is 6.04. The molecule has 3 N–H and O–H groups in total. The molecule has 0 unspecified atom stereocenters. The molecule has 0 saturated carbocycles. The molecule has 92 valence electrons. The van der Waals surface area contributed by atoms with Gasteiger partial charge in [0, 0.05) is 12.4 Å². The normalized spacial score (nSPS) is 10.0. The number of imidazole rings is 1. The average Bonchev–Trinajstić information content (AvgIpc) is 2.89. The van der Waals surface area contributed by atoms with Crippen LogP contribution in [0.2, 0.25) is 0 Å². The molecule has 0 saturated heterocycles. The first kappa shape index (κ1) is 11.8. The molecule has 6 heteroatoms. The minimum atomic E-state index is -1.13. The van der Waals surface area contributed by atoms with E-state index in [1.165, 1.54) is 12.1 Å². The Hall–Kier alpha value is -2.63. The molecule has 2 rings (SSSR count). The molecule has 0 aliphatic carbocycles. The summed E-state index contributed by atoms with van der Waals surface area (Å²) in [6.45, 7) is 0.222. The second-order valence-corrected chi connectivity index (χ2v) is 3.57. The van der Waals surface area contributed by atoms with Crippen LogP contribution in [-0.4, -0.2) is 27.0 Å². The Labute approximate surface area is 103 Å². The number of hydrogen-bond acceptors (Lipinski definition) is 3. The van der Waals surface area contributed by atoms with E-state index in [4.69, 9.17) is 5.11 Å². The SMILES string of the molecule is O=C(O)c1ccccc1C(=O)NCc1ncc[nH]1. The smallest absolute Gasteiger partial charge is 0.336 e. The van der Waals surface area contributed by atoms with E-state index in [2.05, 4.69) is 15.3 Å². The molecular formula is C12H11N3O3. The highest BCUT2D eigenvalue weighted by atomic mass is 16.4. The van der Waals surface area contributed by atoms with Crippen molar-refractivity contribution in [3.8, 4) is 0 Å². The Balaban J connectivity index is 2.11. The zero-order chi connectivity index (χ0) is 13.0. The Morgan fingerprint density at radius 3 is 2.61 bits per heavy atom. The van der Waals surface area contributed by atoms with Crippen molar-refractivity contribution in [3.05, 3.63) is 53.6 Å². The number of nitrogens with one attached hydrogen (secondary N) is 2. The number of carboxylic acid groups (broad SMARTS) is 1. The summed E-state index contributed by atoms with van der Waals surface area (Å²) in [5, 5.41) is 11.6. The van der Waals surface area contributed by atoms with Gasteiger partial charge in [0.1, 0.15) is 5.82 Å². The second kappa shape index (κ2) is 5.13. The number of aromatic carboxylic acids is 1. The van der Waals surface area contributed by atoms with Crippen LogP contribution in [0.5, 0.6) is 0 Å². The average molecular weight is 245 g/mol. The summed E-state index contributed by atoms with van der Waals surface area (Å²) in [6, 6.07) is 6.06. The lowest BCUT2D eigenvalue weighted by Gasteiger charge is -2.06. The van der Waals surface area contributed by atoms with Crippen LogP contribution in [0, 0.1) is 0 Å². The minimum Gasteiger partial charge on any atom is -0.478 e. The van der Waals surface area contributed by atoms with Gasteiger partial charge < -0.3 is 15.4 Å². The Morgan fingerprint density at radius 1 is 1.28 bits per heavy atom. The van der Waals surface area contributed by atoms with E-state index >= 15 is 0 Å². The molecule has 0 aliphatic heterocycles. The number of carbonyl (C=O) groups is 2. The molecule has 1 heterocycles. The Kier molecular flexibility index (Phi) is 3.38. The van der Waals surface area contributed by atoms with Crippen molar-refractivity contribution < 1.29 is 14.7 Å². The van der Waals surface area contributed by atoms with Crippen molar-refractivity contribution in [2.45, 2.75) is 6.54 Å². The van der Waals surface area contributed by atoms with E-state index in [0.29, 0.717) is 5.82 Å². The summed E-state index contributed by atoms with van der Waals surface area (Å²) in [7, 11) is 0. The summed E-state index contributed by atoms with van der Waals surface area (Å²) in [6.07, 6.45) is 3.22. The van der Waals surface area contributed by atoms with E-state index < -0.39 is 11.9 Å². The van der Waals surface area contributed by atoms with Crippen LogP contribution in [0.1, 0.15) is 26.5 Å². The van der Waals surface area contributed by atoms with Gasteiger partial charge in [-0.3, -0.25) is 4.79 Å². The summed E-state index contributed by atoms with van der Waals surface area (Å²) in [5.41, 5.74) is 0.117. The third-order valence-corrected chi connectivity index (χ3v) is 2.37. The van der Waals surface area contributed by atoms with Gasteiger partial charge in [0.05, 0.1) is 17.7 Å². The molecule has 0 fully saturated rings. The number of aromatic nitrogens is 2. The van der Waals surface area contributed by atoms with Gasteiger partial charge in [-0.1, -0.05) is 12.1 Å². The van der Waals surface area contributed by atoms with Gasteiger partial charge in [-0.15, -0.1) is 0 Å². The molecule has 0 radical (unpaired) electrons. The molecule has 1 aromatic heterocycles. The van der Waals surface area contributed by atoms with Gasteiger partial charge in [-0.2, -0.15) is 0 Å². The maximum atomic E-state index is 11.8. The predicted molar refractivity (Wildman–Crippen MR) is 63.2 cm³/mol. The summed E-state index contributed by atoms with van der Waals surface area (Å²) >= 11 is 0. The van der Waals surface area contributed by atoms with Gasteiger partial charge in [-0.25, -0.2) is 9.78 Å². The summed E-state index contributed by atoms with van der Waals surface area (Å²) < 4.78 is 0. The first-order chi connectivity index (χ1) is 8.68. The maximum absolute atomic E-state index is 11.8. The van der Waals surface area contributed by atoms with Gasteiger partial charge in [0.15, 0.2) is 0 Å². The lowest BCUT2D eigenvalue weighted by atomic mass is 10.1. The number of rotatable bonds is 4. The van der Waals surface area contributed by atoms with Crippen molar-refractivity contribution in [2.75, 3.05) is 0 Å². The van der Waals surface area contributed by atoms with Crippen molar-refractivity contribution in [3.63, 3.8) is 0 Å². The van der Waals surface area contributed by atoms with Gasteiger partial charge in [0.2, 0.25) is 0 Å². The molecular weight excluding hydrogens is 234 g/mol. The standard InChI is InChI=1S/C12H11N3O3/c16-11(15-7-10-13-5-6-14-10)8-3-1-2-4-9(8)12(17)18/h1-6H,7H2,(H,13,14)(H,15,16)(H,17,18). The van der Waals surface area contributed by atoms with Crippen molar-refractivity contribution in [1.29, 1.82) is 0 Å². The van der Waals surface area contributed by atoms with E-state index in [0.717, 1.165) is 0 Å². The van der Waals surface area contributed by atoms with Crippen LogP contribution in [0.3, 0.4) is 0 Å². The zero-order valence-electron chi connectivity index (χ0n) is 9.38. The van der Waals surface area contributed by atoms with Crippen LogP contribution in [0.15, 0.2) is 36.7 Å². The monoisotopic (exact) mass is 245 g/mol. The third kappa shape index (κ3) is 2.54. The number of carbonyl (C=O) groups excluding carboxylic acids is 1. The lowest BCUT2D eigenvalue weighted by Crippen LogP contribution is -2.25. The molecule has 2 aromatic rings. The number of amides is 1. The maximum Gasteiger partial charge on any atom is 0.336 e. The number of benzene rings is 1. The van der Waals surface area contributed by atoms with E-state index in [-0.39, 0.29) is 17.7 Å². The highest BCUT2D eigenvalue weighted by Crippen LogP contribution is 2.08. The fourth-order valence-corrected chi connectivity index (χ4v) is 1.52. The number of nitrogens with zero attached hydrogens (tertiary/aromatic N) is 1. The molecule has 1 amide bonds. The molecule has 18 heavy (non-hydrogen) atoms. The van der Waals surface area contributed by atoms with Crippen molar-refractivity contribution in [2.24, 2.45) is 0 Å². The summed E-state index contributed by atoms with van der Waals surface area (Å²) in [5.74, 6) is -0.959. The van der Waals surface area contributed by atoms with E-state index in [9.17, 15) is 9.59 Å². The lowest BCUT2D eigenvalue weighted by molar-refractivity contribution is 0.0691. The van der Waals surface area contributed by atoms with Crippen LogP contribution in [0.25, 0.3) is 0 Å². The van der Waals surface area contributed by atoms with E-state index in [1.54, 1.807) is 24.5 Å². The Morgan fingerprint density at radius 2 is 2.00 bits per heavy atom. The molecule has 0 spiro atoms. The van der Waals surface area contributed by atoms with Crippen molar-refractivity contribution in [1.82, 2.24) is 15.3 Å². The fraction of sp³-hybridized carbons (Fsp3) is 0.0833. The first-order valence-electron chi connectivity index (χ1n) is 5.27. The number of H-pyrrole nitrogens is 1. The van der Waals surface area contributed by atoms with Crippen LogP contribution >= 0.6 is 0 Å². The second-order valence-electron chi connectivity index (χ2n) is 3.57. The molecule has 6 nitrogen and oxygen atoms in total. The minimum absolute atomic E-state index is 0.0190. The topological polar surface area (TPSA) is 95.1 Å². The third-order valence-electron chi connectivity index (χ3n) is 2.37. The predicted octanol–water partition coefficient (Wildman–Crippen LogP) is 1.04.